The molecule has 2 heterocycles. The van der Waals surface area contributed by atoms with E-state index in [1.54, 1.807) is 6.26 Å². The number of carbonyl (C=O) groups is 1. The Bertz CT molecular complexity index is 337. The van der Waals surface area contributed by atoms with Crippen LogP contribution >= 0.6 is 23.5 Å². The third-order valence-electron chi connectivity index (χ3n) is 2.38. The Hall–Kier alpha value is -0.750. The number of furan rings is 1. The number of nitrogens with one attached hydrogen (secondary N) is 2. The number of hydrogen-bond acceptors (Lipinski definition) is 4. The molecular weight excluding hydrogens is 256 g/mol. The summed E-state index contributed by atoms with van der Waals surface area (Å²) in [6, 6.07) is 3.52. The molecule has 1 aromatic heterocycles. The maximum absolute atomic E-state index is 11.5. The van der Waals surface area contributed by atoms with Gasteiger partial charge in [0, 0.05) is 29.1 Å². The molecule has 1 saturated heterocycles. The van der Waals surface area contributed by atoms with Crippen LogP contribution in [0, 0.1) is 0 Å². The van der Waals surface area contributed by atoms with E-state index in [2.05, 4.69) is 10.6 Å². The van der Waals surface area contributed by atoms with Gasteiger partial charge in [-0.1, -0.05) is 0 Å². The summed E-state index contributed by atoms with van der Waals surface area (Å²) in [5.74, 6) is 4.31. The van der Waals surface area contributed by atoms with Crippen molar-refractivity contribution in [1.82, 2.24) is 10.6 Å². The lowest BCUT2D eigenvalue weighted by atomic mass is 10.4. The van der Waals surface area contributed by atoms with Crippen molar-refractivity contribution < 1.29 is 9.21 Å². The zero-order valence-electron chi connectivity index (χ0n) is 9.48. The Kier molecular flexibility index (Phi) is 5.12. The van der Waals surface area contributed by atoms with Crippen molar-refractivity contribution >= 4 is 29.6 Å². The van der Waals surface area contributed by atoms with E-state index in [9.17, 15) is 4.79 Å². The molecule has 1 fully saturated rings. The van der Waals surface area contributed by atoms with Gasteiger partial charge in [-0.05, 0) is 12.1 Å². The van der Waals surface area contributed by atoms with Crippen LogP contribution in [0.3, 0.4) is 0 Å². The summed E-state index contributed by atoms with van der Waals surface area (Å²) in [5.41, 5.74) is 0. The molecule has 1 atom stereocenters. The van der Waals surface area contributed by atoms with Crippen LogP contribution in [-0.4, -0.2) is 35.1 Å². The Morgan fingerprint density at radius 1 is 1.47 bits per heavy atom. The number of thioether (sulfide) groups is 2. The second kappa shape index (κ2) is 6.86. The highest BCUT2D eigenvalue weighted by Crippen LogP contribution is 2.23. The van der Waals surface area contributed by atoms with Gasteiger partial charge in [0.25, 0.3) is 0 Å². The summed E-state index contributed by atoms with van der Waals surface area (Å²) in [7, 11) is 0. The van der Waals surface area contributed by atoms with Gasteiger partial charge in [-0.2, -0.15) is 23.5 Å². The lowest BCUT2D eigenvalue weighted by molar-refractivity contribution is 0.239. The Labute approximate surface area is 109 Å². The Balaban J connectivity index is 1.60. The first-order valence-electron chi connectivity index (χ1n) is 5.58. The predicted octanol–water partition coefficient (Wildman–Crippen LogP) is 1.93. The molecule has 6 heteroatoms. The van der Waals surface area contributed by atoms with E-state index in [0.717, 1.165) is 18.1 Å². The van der Waals surface area contributed by atoms with Crippen molar-refractivity contribution in [3.05, 3.63) is 24.2 Å². The van der Waals surface area contributed by atoms with Crippen LogP contribution < -0.4 is 10.6 Å². The summed E-state index contributed by atoms with van der Waals surface area (Å²) in [6.07, 6.45) is 1.60. The highest BCUT2D eigenvalue weighted by Gasteiger charge is 2.14. The van der Waals surface area contributed by atoms with E-state index in [1.165, 1.54) is 11.5 Å². The molecule has 0 aromatic carbocycles. The highest BCUT2D eigenvalue weighted by molar-refractivity contribution is 8.06. The van der Waals surface area contributed by atoms with Crippen LogP contribution in [0.5, 0.6) is 0 Å². The van der Waals surface area contributed by atoms with E-state index < -0.39 is 0 Å². The molecule has 0 radical (unpaired) electrons. The van der Waals surface area contributed by atoms with E-state index in [0.29, 0.717) is 11.8 Å². The molecule has 2 amide bonds. The molecular formula is C11H16N2O2S2. The van der Waals surface area contributed by atoms with E-state index in [1.807, 2.05) is 35.7 Å². The molecule has 94 valence electrons. The predicted molar refractivity (Wildman–Crippen MR) is 72.5 cm³/mol. The summed E-state index contributed by atoms with van der Waals surface area (Å²) >= 11 is 3.90. The van der Waals surface area contributed by atoms with Gasteiger partial charge in [-0.25, -0.2) is 4.79 Å². The van der Waals surface area contributed by atoms with E-state index in [4.69, 9.17) is 4.42 Å². The van der Waals surface area contributed by atoms with Crippen molar-refractivity contribution in [2.24, 2.45) is 0 Å². The van der Waals surface area contributed by atoms with Gasteiger partial charge in [-0.3, -0.25) is 0 Å². The number of rotatable bonds is 4. The summed E-state index contributed by atoms with van der Waals surface area (Å²) in [6.45, 7) is 1.17. The zero-order valence-corrected chi connectivity index (χ0v) is 11.1. The molecule has 0 spiro atoms. The molecule has 1 aromatic rings. The SMILES string of the molecule is O=C(NCc1ccco1)NC[C@@H]1CSCCS1. The average molecular weight is 272 g/mol. The summed E-state index contributed by atoms with van der Waals surface area (Å²) in [4.78, 5) is 11.5. The number of urea groups is 1. The first kappa shape index (κ1) is 12.7. The van der Waals surface area contributed by atoms with Crippen LogP contribution in [-0.2, 0) is 6.54 Å². The van der Waals surface area contributed by atoms with Crippen LogP contribution in [0.15, 0.2) is 22.8 Å². The highest BCUT2D eigenvalue weighted by atomic mass is 32.2. The Morgan fingerprint density at radius 2 is 2.41 bits per heavy atom. The fraction of sp³-hybridized carbons (Fsp3) is 0.545. The molecule has 1 aliphatic heterocycles. The number of hydrogen-bond donors (Lipinski definition) is 2. The van der Waals surface area contributed by atoms with Crippen molar-refractivity contribution in [1.29, 1.82) is 0 Å². The van der Waals surface area contributed by atoms with Crippen LogP contribution in [0.4, 0.5) is 4.79 Å². The minimum Gasteiger partial charge on any atom is -0.467 e. The second-order valence-electron chi connectivity index (χ2n) is 3.71. The van der Waals surface area contributed by atoms with Gasteiger partial charge in [0.05, 0.1) is 12.8 Å². The second-order valence-corrected chi connectivity index (χ2v) is 6.27. The Morgan fingerprint density at radius 3 is 3.12 bits per heavy atom. The molecule has 17 heavy (non-hydrogen) atoms. The van der Waals surface area contributed by atoms with E-state index >= 15 is 0 Å². The van der Waals surface area contributed by atoms with Gasteiger partial charge in [0.15, 0.2) is 0 Å². The molecule has 1 aliphatic rings. The third-order valence-corrected chi connectivity index (χ3v) is 5.22. The van der Waals surface area contributed by atoms with E-state index in [-0.39, 0.29) is 6.03 Å². The van der Waals surface area contributed by atoms with Crippen molar-refractivity contribution in [2.75, 3.05) is 23.8 Å². The molecule has 0 unspecified atom stereocenters. The minimum absolute atomic E-state index is 0.127. The maximum Gasteiger partial charge on any atom is 0.315 e. The van der Waals surface area contributed by atoms with Crippen LogP contribution in [0.1, 0.15) is 5.76 Å². The molecule has 4 nitrogen and oxygen atoms in total. The molecule has 2 rings (SSSR count). The molecule has 0 bridgehead atoms. The lowest BCUT2D eigenvalue weighted by Crippen LogP contribution is -2.39. The zero-order chi connectivity index (χ0) is 11.9. The van der Waals surface area contributed by atoms with Gasteiger partial charge >= 0.3 is 6.03 Å². The number of amides is 2. The van der Waals surface area contributed by atoms with Crippen LogP contribution in [0.2, 0.25) is 0 Å². The largest absolute Gasteiger partial charge is 0.467 e. The van der Waals surface area contributed by atoms with Crippen molar-refractivity contribution in [2.45, 2.75) is 11.8 Å². The summed E-state index contributed by atoms with van der Waals surface area (Å²) < 4.78 is 5.13. The van der Waals surface area contributed by atoms with Gasteiger partial charge in [-0.15, -0.1) is 0 Å². The monoisotopic (exact) mass is 272 g/mol. The molecule has 2 N–H and O–H groups in total. The minimum atomic E-state index is -0.127. The fourth-order valence-corrected chi connectivity index (χ4v) is 4.12. The van der Waals surface area contributed by atoms with Crippen LogP contribution in [0.25, 0.3) is 0 Å². The van der Waals surface area contributed by atoms with Gasteiger partial charge < -0.3 is 15.1 Å². The maximum atomic E-state index is 11.5. The van der Waals surface area contributed by atoms with Crippen molar-refractivity contribution in [3.8, 4) is 0 Å². The van der Waals surface area contributed by atoms with Gasteiger partial charge in [0.2, 0.25) is 0 Å². The van der Waals surface area contributed by atoms with Gasteiger partial charge in [0.1, 0.15) is 5.76 Å². The first-order chi connectivity index (χ1) is 8.34. The molecule has 0 aliphatic carbocycles. The average Bonchev–Trinajstić information content (AvgIpc) is 2.88. The smallest absolute Gasteiger partial charge is 0.315 e. The third kappa shape index (κ3) is 4.55. The quantitative estimate of drug-likeness (QED) is 0.879. The molecule has 0 saturated carbocycles. The first-order valence-corrected chi connectivity index (χ1v) is 7.78. The fourth-order valence-electron chi connectivity index (χ4n) is 1.50. The normalized spacial score (nSPS) is 19.9. The topological polar surface area (TPSA) is 54.3 Å². The lowest BCUT2D eigenvalue weighted by Gasteiger charge is -2.21. The standard InChI is InChI=1S/C11H16N2O2S2/c14-11(12-6-9-2-1-3-15-9)13-7-10-8-16-4-5-17-10/h1-3,10H,4-8H2,(H2,12,13,14)/t10-/m1/s1. The summed E-state index contributed by atoms with van der Waals surface area (Å²) in [5, 5.41) is 6.20. The number of carbonyl (C=O) groups excluding carboxylic acids is 1. The van der Waals surface area contributed by atoms with Crippen molar-refractivity contribution in [3.63, 3.8) is 0 Å².